The number of nitrogens with one attached hydrogen (secondary N) is 1. The lowest BCUT2D eigenvalue weighted by Gasteiger charge is -2.20. The van der Waals surface area contributed by atoms with Crippen LogP contribution in [0.25, 0.3) is 0 Å². The predicted octanol–water partition coefficient (Wildman–Crippen LogP) is 0.932. The molecule has 0 fully saturated rings. The maximum absolute atomic E-state index is 12.1. The Morgan fingerprint density at radius 1 is 1.04 bits per heavy atom. The highest BCUT2D eigenvalue weighted by Crippen LogP contribution is 2.22. The number of ether oxygens (including phenoxy) is 1. The zero-order valence-electron chi connectivity index (χ0n) is 13.4. The van der Waals surface area contributed by atoms with Crippen LogP contribution in [0.3, 0.4) is 0 Å². The van der Waals surface area contributed by atoms with Gasteiger partial charge in [0.2, 0.25) is 0 Å². The van der Waals surface area contributed by atoms with E-state index in [9.17, 15) is 4.79 Å². The summed E-state index contributed by atoms with van der Waals surface area (Å²) in [5, 5.41) is 2.76. The Balaban J connectivity index is 0.00000264. The van der Waals surface area contributed by atoms with Crippen LogP contribution in [0.5, 0.6) is 0 Å². The molecule has 0 aromatic heterocycles. The zero-order chi connectivity index (χ0) is 15.8. The third-order valence-electron chi connectivity index (χ3n) is 3.28. The molecule has 2 aromatic carbocycles. The van der Waals surface area contributed by atoms with Crippen LogP contribution in [0.1, 0.15) is 18.1 Å². The Labute approximate surface area is 143 Å². The number of carbonyl (C=O) groups is 1. The number of hydrogen-bond acceptors (Lipinski definition) is 3. The Kier molecular flexibility index (Phi) is 8.16. The fourth-order valence-electron chi connectivity index (χ4n) is 2.13. The molecule has 0 aliphatic heterocycles. The van der Waals surface area contributed by atoms with Gasteiger partial charge in [0.1, 0.15) is 6.10 Å². The quantitative estimate of drug-likeness (QED) is 0.855. The second-order valence-electron chi connectivity index (χ2n) is 5.39. The summed E-state index contributed by atoms with van der Waals surface area (Å²) in [4.78, 5) is 14.2. The van der Waals surface area contributed by atoms with Crippen molar-refractivity contribution in [3.8, 4) is 0 Å². The molecular formula is C18H22ClN2O2-. The minimum absolute atomic E-state index is 0. The lowest BCUT2D eigenvalue weighted by atomic mass is 10.1. The molecule has 1 amide bonds. The maximum atomic E-state index is 12.1. The Bertz CT molecular complexity index is 576. The minimum atomic E-state index is -0.432. The van der Waals surface area contributed by atoms with E-state index < -0.39 is 6.09 Å². The monoisotopic (exact) mass is 333 g/mol. The normalized spacial score (nSPS) is 11.4. The van der Waals surface area contributed by atoms with Gasteiger partial charge < -0.3 is 22.0 Å². The van der Waals surface area contributed by atoms with Crippen LogP contribution < -0.4 is 17.7 Å². The number of nitrogens with zero attached hydrogens (tertiary/aromatic N) is 1. The molecule has 4 nitrogen and oxygen atoms in total. The highest BCUT2D eigenvalue weighted by Gasteiger charge is 2.17. The summed E-state index contributed by atoms with van der Waals surface area (Å²) in [6.45, 7) is 0.845. The van der Waals surface area contributed by atoms with E-state index in [4.69, 9.17) is 4.74 Å². The molecule has 0 bridgehead atoms. The fourth-order valence-corrected chi connectivity index (χ4v) is 2.13. The summed E-state index contributed by atoms with van der Waals surface area (Å²) >= 11 is 0. The molecule has 23 heavy (non-hydrogen) atoms. The summed E-state index contributed by atoms with van der Waals surface area (Å²) < 4.78 is 5.61. The van der Waals surface area contributed by atoms with E-state index in [1.165, 1.54) is 0 Å². The second kappa shape index (κ2) is 9.87. The first-order valence-corrected chi connectivity index (χ1v) is 7.37. The summed E-state index contributed by atoms with van der Waals surface area (Å²) in [6.07, 6.45) is 0.0605. The van der Waals surface area contributed by atoms with Crippen molar-refractivity contribution in [1.29, 1.82) is 0 Å². The van der Waals surface area contributed by atoms with Crippen LogP contribution in [0.4, 0.5) is 10.5 Å². The van der Waals surface area contributed by atoms with Crippen molar-refractivity contribution < 1.29 is 21.9 Å². The highest BCUT2D eigenvalue weighted by molar-refractivity contribution is 5.84. The molecule has 0 saturated carbocycles. The highest BCUT2D eigenvalue weighted by atomic mass is 35.5. The molecule has 5 heteroatoms. The molecule has 0 heterocycles. The van der Waals surface area contributed by atoms with Crippen LogP contribution in [0, 0.1) is 0 Å². The van der Waals surface area contributed by atoms with Crippen LogP contribution in [-0.2, 0) is 4.74 Å². The van der Waals surface area contributed by atoms with E-state index in [1.54, 1.807) is 0 Å². The first kappa shape index (κ1) is 19.0. The molecule has 0 spiro atoms. The summed E-state index contributed by atoms with van der Waals surface area (Å²) in [7, 11) is 4.01. The Morgan fingerprint density at radius 2 is 1.61 bits per heavy atom. The third kappa shape index (κ3) is 6.72. The van der Waals surface area contributed by atoms with Crippen molar-refractivity contribution in [3.05, 3.63) is 66.2 Å². The van der Waals surface area contributed by atoms with E-state index >= 15 is 0 Å². The number of halogens is 1. The molecule has 2 aromatic rings. The van der Waals surface area contributed by atoms with Crippen molar-refractivity contribution in [2.45, 2.75) is 12.5 Å². The molecule has 0 aliphatic carbocycles. The maximum Gasteiger partial charge on any atom is 0.412 e. The summed E-state index contributed by atoms with van der Waals surface area (Å²) in [6, 6.07) is 19.1. The predicted molar refractivity (Wildman–Crippen MR) is 88.9 cm³/mol. The van der Waals surface area contributed by atoms with E-state index in [2.05, 4.69) is 10.2 Å². The Hall–Kier alpha value is -2.04. The van der Waals surface area contributed by atoms with Gasteiger partial charge in [0.25, 0.3) is 0 Å². The molecule has 0 aliphatic rings. The van der Waals surface area contributed by atoms with Crippen molar-refractivity contribution in [2.24, 2.45) is 0 Å². The SMILES string of the molecule is CN(C)CCC(OC(=O)Nc1ccccc1)c1ccccc1.[Cl-]. The average molecular weight is 334 g/mol. The van der Waals surface area contributed by atoms with Gasteiger partial charge in [-0.1, -0.05) is 48.5 Å². The van der Waals surface area contributed by atoms with Gasteiger partial charge in [-0.05, 0) is 31.8 Å². The van der Waals surface area contributed by atoms with Crippen LogP contribution >= 0.6 is 0 Å². The number of benzene rings is 2. The molecule has 2 rings (SSSR count). The van der Waals surface area contributed by atoms with Gasteiger partial charge in [-0.3, -0.25) is 5.32 Å². The van der Waals surface area contributed by atoms with Crippen molar-refractivity contribution in [1.82, 2.24) is 4.90 Å². The number of carbonyl (C=O) groups excluding carboxylic acids is 1. The number of para-hydroxylation sites is 1. The van der Waals surface area contributed by atoms with Gasteiger partial charge in [-0.15, -0.1) is 0 Å². The van der Waals surface area contributed by atoms with Gasteiger partial charge in [0.05, 0.1) is 0 Å². The second-order valence-corrected chi connectivity index (χ2v) is 5.39. The number of rotatable bonds is 6. The molecule has 1 atom stereocenters. The van der Waals surface area contributed by atoms with Crippen molar-refractivity contribution >= 4 is 11.8 Å². The molecule has 0 radical (unpaired) electrons. The third-order valence-corrected chi connectivity index (χ3v) is 3.28. The van der Waals surface area contributed by atoms with Crippen LogP contribution in [0.15, 0.2) is 60.7 Å². The van der Waals surface area contributed by atoms with E-state index in [-0.39, 0.29) is 18.5 Å². The van der Waals surface area contributed by atoms with Gasteiger partial charge in [0.15, 0.2) is 0 Å². The smallest absolute Gasteiger partial charge is 0.412 e. The van der Waals surface area contributed by atoms with Gasteiger partial charge >= 0.3 is 6.09 Å². The summed E-state index contributed by atoms with van der Waals surface area (Å²) in [5.41, 5.74) is 1.74. The largest absolute Gasteiger partial charge is 1.00 e. The molecule has 1 unspecified atom stereocenters. The average Bonchev–Trinajstić information content (AvgIpc) is 2.53. The lowest BCUT2D eigenvalue weighted by Crippen LogP contribution is -3.00. The molecule has 124 valence electrons. The minimum Gasteiger partial charge on any atom is -1.00 e. The number of amides is 1. The topological polar surface area (TPSA) is 41.6 Å². The van der Waals surface area contributed by atoms with Gasteiger partial charge in [-0.2, -0.15) is 0 Å². The van der Waals surface area contributed by atoms with Crippen LogP contribution in [-0.4, -0.2) is 31.6 Å². The lowest BCUT2D eigenvalue weighted by molar-refractivity contribution is -0.0000119. The summed E-state index contributed by atoms with van der Waals surface area (Å²) in [5.74, 6) is 0. The number of anilines is 1. The van der Waals surface area contributed by atoms with E-state index in [1.807, 2.05) is 74.8 Å². The fraction of sp³-hybridized carbons (Fsp3) is 0.278. The van der Waals surface area contributed by atoms with Crippen molar-refractivity contribution in [2.75, 3.05) is 26.0 Å². The molecule has 1 N–H and O–H groups in total. The standard InChI is InChI=1S/C18H22N2O2.ClH/c1-20(2)14-13-17(15-9-5-3-6-10-15)22-18(21)19-16-11-7-4-8-12-16;/h3-12,17H,13-14H2,1-2H3,(H,19,21);1H/p-1. The first-order valence-electron chi connectivity index (χ1n) is 7.37. The Morgan fingerprint density at radius 3 is 2.17 bits per heavy atom. The van der Waals surface area contributed by atoms with Gasteiger partial charge in [0, 0.05) is 18.7 Å². The van der Waals surface area contributed by atoms with Crippen LogP contribution in [0.2, 0.25) is 0 Å². The molecule has 0 saturated heterocycles. The first-order chi connectivity index (χ1) is 10.6. The van der Waals surface area contributed by atoms with Gasteiger partial charge in [-0.25, -0.2) is 4.79 Å². The molecular weight excluding hydrogens is 312 g/mol. The van der Waals surface area contributed by atoms with Crippen molar-refractivity contribution in [3.63, 3.8) is 0 Å². The van der Waals surface area contributed by atoms with E-state index in [0.717, 1.165) is 24.2 Å². The van der Waals surface area contributed by atoms with E-state index in [0.29, 0.717) is 0 Å². The number of hydrogen-bond donors (Lipinski definition) is 1. The zero-order valence-corrected chi connectivity index (χ0v) is 14.2.